The molecule has 0 fully saturated rings. The van der Waals surface area contributed by atoms with Crippen LogP contribution in [0.2, 0.25) is 10.0 Å². The van der Waals surface area contributed by atoms with Gasteiger partial charge in [0.25, 0.3) is 0 Å². The molecule has 5 nitrogen and oxygen atoms in total. The standard InChI is InChI=1S/C16H13Cl2NO4S/c17-12-5-6-13(18)15(8-12)24(22,23)19-9-11-4-2-1-3-10(11)7-14(19)16(20)21/h1-6,8,14H,7,9H2,(H,20,21)/t14-/m1/s1. The number of hydrogen-bond acceptors (Lipinski definition) is 3. The number of halogens is 2. The SMILES string of the molecule is O=C(O)[C@H]1Cc2ccccc2CN1S(=O)(=O)c1cc(Cl)ccc1Cl. The van der Waals surface area contributed by atoms with Crippen molar-refractivity contribution in [2.24, 2.45) is 0 Å². The number of rotatable bonds is 3. The summed E-state index contributed by atoms with van der Waals surface area (Å²) in [5.41, 5.74) is 1.60. The lowest BCUT2D eigenvalue weighted by Gasteiger charge is -2.33. The normalized spacial score (nSPS) is 18.2. The number of benzene rings is 2. The van der Waals surface area contributed by atoms with E-state index in [0.717, 1.165) is 15.4 Å². The van der Waals surface area contributed by atoms with Gasteiger partial charge in [0.1, 0.15) is 10.9 Å². The van der Waals surface area contributed by atoms with Gasteiger partial charge in [-0.25, -0.2) is 8.42 Å². The van der Waals surface area contributed by atoms with Crippen molar-refractivity contribution < 1.29 is 18.3 Å². The molecule has 2 aromatic rings. The van der Waals surface area contributed by atoms with Gasteiger partial charge in [0, 0.05) is 18.0 Å². The number of fused-ring (bicyclic) bond motifs is 1. The molecule has 1 N–H and O–H groups in total. The zero-order chi connectivity index (χ0) is 17.5. The fourth-order valence-corrected chi connectivity index (χ4v) is 5.06. The molecule has 0 bridgehead atoms. The number of sulfonamides is 1. The van der Waals surface area contributed by atoms with Gasteiger partial charge in [-0.15, -0.1) is 0 Å². The second-order valence-corrected chi connectivity index (χ2v) is 8.15. The molecule has 0 aromatic heterocycles. The molecule has 126 valence electrons. The first-order valence-electron chi connectivity index (χ1n) is 7.07. The fraction of sp³-hybridized carbons (Fsp3) is 0.188. The zero-order valence-corrected chi connectivity index (χ0v) is 14.6. The molecule has 2 aromatic carbocycles. The largest absolute Gasteiger partial charge is 0.480 e. The molecule has 0 unspecified atom stereocenters. The van der Waals surface area contributed by atoms with Crippen LogP contribution in [0.4, 0.5) is 0 Å². The highest BCUT2D eigenvalue weighted by Crippen LogP contribution is 2.33. The van der Waals surface area contributed by atoms with Crippen molar-refractivity contribution >= 4 is 39.2 Å². The van der Waals surface area contributed by atoms with Crippen molar-refractivity contribution in [1.29, 1.82) is 0 Å². The first-order chi connectivity index (χ1) is 11.3. The van der Waals surface area contributed by atoms with Crippen LogP contribution < -0.4 is 0 Å². The van der Waals surface area contributed by atoms with E-state index in [4.69, 9.17) is 23.2 Å². The number of carboxylic acids is 1. The maximum Gasteiger partial charge on any atom is 0.322 e. The van der Waals surface area contributed by atoms with E-state index < -0.39 is 22.0 Å². The van der Waals surface area contributed by atoms with E-state index in [1.165, 1.54) is 18.2 Å². The second-order valence-electron chi connectivity index (χ2n) is 5.45. The molecule has 0 radical (unpaired) electrons. The van der Waals surface area contributed by atoms with Crippen LogP contribution in [0.25, 0.3) is 0 Å². The lowest BCUT2D eigenvalue weighted by Crippen LogP contribution is -2.48. The van der Waals surface area contributed by atoms with E-state index >= 15 is 0 Å². The summed E-state index contributed by atoms with van der Waals surface area (Å²) in [5, 5.41) is 9.72. The molecular formula is C16H13Cl2NO4S. The Bertz CT molecular complexity index is 914. The summed E-state index contributed by atoms with van der Waals surface area (Å²) < 4.78 is 27.0. The quantitative estimate of drug-likeness (QED) is 0.879. The highest BCUT2D eigenvalue weighted by molar-refractivity contribution is 7.89. The molecule has 0 aliphatic carbocycles. The van der Waals surface area contributed by atoms with E-state index in [-0.39, 0.29) is 27.9 Å². The van der Waals surface area contributed by atoms with Crippen LogP contribution in [0.3, 0.4) is 0 Å². The van der Waals surface area contributed by atoms with Crippen molar-refractivity contribution in [3.63, 3.8) is 0 Å². The molecule has 0 saturated carbocycles. The third-order valence-electron chi connectivity index (χ3n) is 3.97. The Morgan fingerprint density at radius 3 is 2.46 bits per heavy atom. The van der Waals surface area contributed by atoms with Crippen LogP contribution in [-0.2, 0) is 27.8 Å². The molecule has 0 saturated heterocycles. The highest BCUT2D eigenvalue weighted by Gasteiger charge is 2.40. The molecule has 3 rings (SSSR count). The summed E-state index contributed by atoms with van der Waals surface area (Å²) in [7, 11) is -4.12. The van der Waals surface area contributed by atoms with Gasteiger partial charge in [0.15, 0.2) is 0 Å². The van der Waals surface area contributed by atoms with Gasteiger partial charge >= 0.3 is 5.97 Å². The first kappa shape index (κ1) is 17.2. The van der Waals surface area contributed by atoms with E-state index in [0.29, 0.717) is 0 Å². The van der Waals surface area contributed by atoms with Gasteiger partial charge in [0.05, 0.1) is 5.02 Å². The number of aliphatic carboxylic acids is 1. The van der Waals surface area contributed by atoms with Crippen LogP contribution >= 0.6 is 23.2 Å². The van der Waals surface area contributed by atoms with Crippen LogP contribution in [-0.4, -0.2) is 29.8 Å². The minimum Gasteiger partial charge on any atom is -0.480 e. The molecule has 24 heavy (non-hydrogen) atoms. The monoisotopic (exact) mass is 385 g/mol. The van der Waals surface area contributed by atoms with Gasteiger partial charge in [0.2, 0.25) is 10.0 Å². The highest BCUT2D eigenvalue weighted by atomic mass is 35.5. The van der Waals surface area contributed by atoms with Gasteiger partial charge in [-0.1, -0.05) is 47.5 Å². The molecule has 1 heterocycles. The average molecular weight is 386 g/mol. The van der Waals surface area contributed by atoms with Crippen LogP contribution in [0.1, 0.15) is 11.1 Å². The summed E-state index contributed by atoms with van der Waals surface area (Å²) in [4.78, 5) is 11.4. The maximum atomic E-state index is 13.0. The molecular weight excluding hydrogens is 373 g/mol. The smallest absolute Gasteiger partial charge is 0.322 e. The molecule has 0 spiro atoms. The molecule has 0 amide bonds. The van der Waals surface area contributed by atoms with Crippen LogP contribution in [0, 0.1) is 0 Å². The average Bonchev–Trinajstić information content (AvgIpc) is 2.55. The first-order valence-corrected chi connectivity index (χ1v) is 9.27. The third-order valence-corrected chi connectivity index (χ3v) is 6.54. The minimum absolute atomic E-state index is 0.00222. The lowest BCUT2D eigenvalue weighted by molar-refractivity contribution is -0.141. The van der Waals surface area contributed by atoms with Gasteiger partial charge < -0.3 is 5.11 Å². The number of hydrogen-bond donors (Lipinski definition) is 1. The molecule has 1 aliphatic heterocycles. The topological polar surface area (TPSA) is 74.7 Å². The zero-order valence-electron chi connectivity index (χ0n) is 12.3. The number of carboxylic acid groups (broad SMARTS) is 1. The van der Waals surface area contributed by atoms with Crippen molar-refractivity contribution in [2.45, 2.75) is 23.9 Å². The number of carbonyl (C=O) groups is 1. The Hall–Kier alpha value is -1.60. The Morgan fingerprint density at radius 2 is 1.79 bits per heavy atom. The van der Waals surface area contributed by atoms with Gasteiger partial charge in [-0.3, -0.25) is 4.79 Å². The second kappa shape index (κ2) is 6.37. The Morgan fingerprint density at radius 1 is 1.12 bits per heavy atom. The summed E-state index contributed by atoms with van der Waals surface area (Å²) in [6.07, 6.45) is 0.100. The summed E-state index contributed by atoms with van der Waals surface area (Å²) >= 11 is 11.9. The van der Waals surface area contributed by atoms with E-state index in [1.807, 2.05) is 6.07 Å². The number of nitrogens with zero attached hydrogens (tertiary/aromatic N) is 1. The van der Waals surface area contributed by atoms with Crippen LogP contribution in [0.5, 0.6) is 0 Å². The Labute approximate surface area is 149 Å². The molecule has 1 aliphatic rings. The third kappa shape index (κ3) is 3.02. The predicted octanol–water partition coefficient (Wildman–Crippen LogP) is 3.19. The van der Waals surface area contributed by atoms with Crippen molar-refractivity contribution in [2.75, 3.05) is 0 Å². The summed E-state index contributed by atoms with van der Waals surface area (Å²) in [5.74, 6) is -1.20. The van der Waals surface area contributed by atoms with E-state index in [9.17, 15) is 18.3 Å². The fourth-order valence-electron chi connectivity index (χ4n) is 2.76. The van der Waals surface area contributed by atoms with Crippen LogP contribution in [0.15, 0.2) is 47.4 Å². The summed E-state index contributed by atoms with van der Waals surface area (Å²) in [6, 6.07) is 10.1. The Kier molecular flexibility index (Phi) is 4.57. The van der Waals surface area contributed by atoms with E-state index in [2.05, 4.69) is 0 Å². The van der Waals surface area contributed by atoms with Crippen molar-refractivity contribution in [1.82, 2.24) is 4.31 Å². The van der Waals surface area contributed by atoms with E-state index in [1.54, 1.807) is 18.2 Å². The van der Waals surface area contributed by atoms with Gasteiger partial charge in [-0.2, -0.15) is 4.31 Å². The van der Waals surface area contributed by atoms with Gasteiger partial charge in [-0.05, 0) is 29.3 Å². The Balaban J connectivity index is 2.11. The van der Waals surface area contributed by atoms with Crippen molar-refractivity contribution in [3.05, 3.63) is 63.6 Å². The van der Waals surface area contributed by atoms with Crippen molar-refractivity contribution in [3.8, 4) is 0 Å². The lowest BCUT2D eigenvalue weighted by atomic mass is 9.96. The molecule has 1 atom stereocenters. The predicted molar refractivity (Wildman–Crippen MR) is 90.8 cm³/mol. The minimum atomic E-state index is -4.12. The maximum absolute atomic E-state index is 13.0. The summed E-state index contributed by atoms with van der Waals surface area (Å²) in [6.45, 7) is -0.0294. The molecule has 8 heteroatoms.